The summed E-state index contributed by atoms with van der Waals surface area (Å²) in [7, 11) is 1.75. The van der Waals surface area contributed by atoms with E-state index in [-0.39, 0.29) is 0 Å². The van der Waals surface area contributed by atoms with Crippen LogP contribution < -0.4 is 5.73 Å². The molecule has 0 aliphatic carbocycles. The number of hydrogen-bond acceptors (Lipinski definition) is 3. The molecule has 3 heteroatoms. The van der Waals surface area contributed by atoms with Gasteiger partial charge in [-0.2, -0.15) is 0 Å². The summed E-state index contributed by atoms with van der Waals surface area (Å²) in [6.45, 7) is 7.26. The van der Waals surface area contributed by atoms with Gasteiger partial charge in [-0.1, -0.05) is 19.1 Å². The lowest BCUT2D eigenvalue weighted by Gasteiger charge is -2.27. The molecule has 0 heterocycles. The molecule has 0 saturated heterocycles. The van der Waals surface area contributed by atoms with Crippen LogP contribution in [0, 0.1) is 0 Å². The second kappa shape index (κ2) is 7.30. The first-order valence-electron chi connectivity index (χ1n) is 6.24. The van der Waals surface area contributed by atoms with Crippen LogP contribution in [-0.4, -0.2) is 37.7 Å². The van der Waals surface area contributed by atoms with E-state index in [0.717, 1.165) is 31.8 Å². The Morgan fingerprint density at radius 1 is 1.41 bits per heavy atom. The highest BCUT2D eigenvalue weighted by molar-refractivity contribution is 5.40. The van der Waals surface area contributed by atoms with Crippen LogP contribution in [0.3, 0.4) is 0 Å². The van der Waals surface area contributed by atoms with E-state index < -0.39 is 0 Å². The molecule has 17 heavy (non-hydrogen) atoms. The maximum absolute atomic E-state index is 5.77. The summed E-state index contributed by atoms with van der Waals surface area (Å²) in [5, 5.41) is 0. The molecule has 0 amide bonds. The molecule has 2 N–H and O–H groups in total. The van der Waals surface area contributed by atoms with Gasteiger partial charge in [0, 0.05) is 25.4 Å². The van der Waals surface area contributed by atoms with Crippen LogP contribution in [0.25, 0.3) is 0 Å². The fourth-order valence-electron chi connectivity index (χ4n) is 2.06. The summed E-state index contributed by atoms with van der Waals surface area (Å²) in [5.41, 5.74) is 7.91. The third-order valence-corrected chi connectivity index (χ3v) is 3.08. The number of nitrogens with two attached hydrogens (primary N) is 1. The number of rotatable bonds is 7. The lowest BCUT2D eigenvalue weighted by molar-refractivity contribution is 0.103. The number of likely N-dealkylation sites (N-methyl/N-ethyl adjacent to an activating group) is 1. The first-order chi connectivity index (χ1) is 8.17. The van der Waals surface area contributed by atoms with Gasteiger partial charge in [-0.25, -0.2) is 0 Å². The largest absolute Gasteiger partial charge is 0.399 e. The molecule has 0 bridgehead atoms. The van der Waals surface area contributed by atoms with E-state index in [4.69, 9.17) is 10.5 Å². The van der Waals surface area contributed by atoms with Gasteiger partial charge in [0.25, 0.3) is 0 Å². The van der Waals surface area contributed by atoms with Crippen molar-refractivity contribution in [2.24, 2.45) is 0 Å². The monoisotopic (exact) mass is 236 g/mol. The van der Waals surface area contributed by atoms with Crippen molar-refractivity contribution in [1.82, 2.24) is 4.90 Å². The van der Waals surface area contributed by atoms with Crippen molar-refractivity contribution in [2.75, 3.05) is 32.5 Å². The molecule has 1 rings (SSSR count). The molecule has 0 spiro atoms. The van der Waals surface area contributed by atoms with Gasteiger partial charge < -0.3 is 10.5 Å². The smallest absolute Gasteiger partial charge is 0.0615 e. The Morgan fingerprint density at radius 3 is 2.76 bits per heavy atom. The SMILES string of the molecule is CCN(CCc1cccc(N)c1)C(C)COC. The summed E-state index contributed by atoms with van der Waals surface area (Å²) in [6, 6.07) is 8.58. The van der Waals surface area contributed by atoms with Crippen LogP contribution in [-0.2, 0) is 11.2 Å². The van der Waals surface area contributed by atoms with Crippen LogP contribution in [0.5, 0.6) is 0 Å². The minimum atomic E-state index is 0.464. The lowest BCUT2D eigenvalue weighted by Crippen LogP contribution is -2.37. The molecule has 0 aliphatic heterocycles. The van der Waals surface area contributed by atoms with E-state index in [1.54, 1.807) is 7.11 Å². The van der Waals surface area contributed by atoms with Gasteiger partial charge in [0.2, 0.25) is 0 Å². The molecule has 0 aliphatic rings. The number of nitrogen functional groups attached to an aromatic ring is 1. The second-order valence-electron chi connectivity index (χ2n) is 4.43. The average Bonchev–Trinajstić information content (AvgIpc) is 2.30. The van der Waals surface area contributed by atoms with Crippen molar-refractivity contribution in [3.8, 4) is 0 Å². The van der Waals surface area contributed by atoms with E-state index in [1.807, 2.05) is 12.1 Å². The molecule has 0 fully saturated rings. The van der Waals surface area contributed by atoms with Crippen molar-refractivity contribution in [3.05, 3.63) is 29.8 Å². The number of benzene rings is 1. The highest BCUT2D eigenvalue weighted by Crippen LogP contribution is 2.09. The van der Waals surface area contributed by atoms with Gasteiger partial charge in [-0.3, -0.25) is 4.90 Å². The zero-order valence-corrected chi connectivity index (χ0v) is 11.1. The van der Waals surface area contributed by atoms with Crippen LogP contribution in [0.15, 0.2) is 24.3 Å². The Bertz CT molecular complexity index is 328. The first kappa shape index (κ1) is 14.0. The normalized spacial score (nSPS) is 12.9. The van der Waals surface area contributed by atoms with Crippen molar-refractivity contribution < 1.29 is 4.74 Å². The number of anilines is 1. The third kappa shape index (κ3) is 4.75. The quantitative estimate of drug-likeness (QED) is 0.737. The second-order valence-corrected chi connectivity index (χ2v) is 4.43. The molecule has 1 aromatic rings. The van der Waals surface area contributed by atoms with Gasteiger partial charge in [-0.05, 0) is 37.6 Å². The van der Waals surface area contributed by atoms with E-state index in [0.29, 0.717) is 6.04 Å². The van der Waals surface area contributed by atoms with E-state index >= 15 is 0 Å². The van der Waals surface area contributed by atoms with E-state index in [9.17, 15) is 0 Å². The van der Waals surface area contributed by atoms with E-state index in [1.165, 1.54) is 5.56 Å². The zero-order valence-electron chi connectivity index (χ0n) is 11.1. The molecule has 96 valence electrons. The molecule has 3 nitrogen and oxygen atoms in total. The summed E-state index contributed by atoms with van der Waals surface area (Å²) in [6.07, 6.45) is 1.03. The Hall–Kier alpha value is -1.06. The average molecular weight is 236 g/mol. The summed E-state index contributed by atoms with van der Waals surface area (Å²) < 4.78 is 5.20. The lowest BCUT2D eigenvalue weighted by atomic mass is 10.1. The first-order valence-corrected chi connectivity index (χ1v) is 6.24. The van der Waals surface area contributed by atoms with Gasteiger partial charge in [-0.15, -0.1) is 0 Å². The van der Waals surface area contributed by atoms with Crippen LogP contribution in [0.1, 0.15) is 19.4 Å². The maximum atomic E-state index is 5.77. The molecular weight excluding hydrogens is 212 g/mol. The Morgan fingerprint density at radius 2 is 2.18 bits per heavy atom. The third-order valence-electron chi connectivity index (χ3n) is 3.08. The van der Waals surface area contributed by atoms with E-state index in [2.05, 4.69) is 30.9 Å². The molecule has 1 aromatic carbocycles. The number of ether oxygens (including phenoxy) is 1. The number of hydrogen-bond donors (Lipinski definition) is 1. The summed E-state index contributed by atoms with van der Waals surface area (Å²) in [5.74, 6) is 0. The van der Waals surface area contributed by atoms with Crippen molar-refractivity contribution in [1.29, 1.82) is 0 Å². The highest BCUT2D eigenvalue weighted by atomic mass is 16.5. The molecule has 1 atom stereocenters. The maximum Gasteiger partial charge on any atom is 0.0615 e. The summed E-state index contributed by atoms with van der Waals surface area (Å²) in [4.78, 5) is 2.42. The van der Waals surface area contributed by atoms with Crippen molar-refractivity contribution in [3.63, 3.8) is 0 Å². The van der Waals surface area contributed by atoms with Gasteiger partial charge in [0.1, 0.15) is 0 Å². The van der Waals surface area contributed by atoms with Crippen LogP contribution in [0.4, 0.5) is 5.69 Å². The van der Waals surface area contributed by atoms with Crippen LogP contribution >= 0.6 is 0 Å². The number of methoxy groups -OCH3 is 1. The fourth-order valence-corrected chi connectivity index (χ4v) is 2.06. The fraction of sp³-hybridized carbons (Fsp3) is 0.571. The standard InChI is InChI=1S/C14H24N2O/c1-4-16(12(2)11-17-3)9-8-13-6-5-7-14(15)10-13/h5-7,10,12H,4,8-9,11,15H2,1-3H3. The van der Waals surface area contributed by atoms with Gasteiger partial charge >= 0.3 is 0 Å². The van der Waals surface area contributed by atoms with Crippen molar-refractivity contribution >= 4 is 5.69 Å². The minimum absolute atomic E-state index is 0.464. The Balaban J connectivity index is 2.47. The minimum Gasteiger partial charge on any atom is -0.399 e. The van der Waals surface area contributed by atoms with Gasteiger partial charge in [0.05, 0.1) is 6.61 Å². The van der Waals surface area contributed by atoms with Crippen LogP contribution in [0.2, 0.25) is 0 Å². The van der Waals surface area contributed by atoms with Gasteiger partial charge in [0.15, 0.2) is 0 Å². The zero-order chi connectivity index (χ0) is 12.7. The predicted octanol–water partition coefficient (Wildman–Crippen LogP) is 2.17. The number of nitrogens with zero attached hydrogens (tertiary/aromatic N) is 1. The molecule has 0 radical (unpaired) electrons. The Labute approximate surface area is 105 Å². The van der Waals surface area contributed by atoms with Crippen molar-refractivity contribution in [2.45, 2.75) is 26.3 Å². The molecule has 1 unspecified atom stereocenters. The Kier molecular flexibility index (Phi) is 6.01. The predicted molar refractivity (Wildman–Crippen MR) is 73.1 cm³/mol. The molecule has 0 aromatic heterocycles. The molecule has 0 saturated carbocycles. The highest BCUT2D eigenvalue weighted by Gasteiger charge is 2.11. The topological polar surface area (TPSA) is 38.5 Å². The summed E-state index contributed by atoms with van der Waals surface area (Å²) >= 11 is 0. The molecular formula is C14H24N2O.